The standard InChI is InChI=1S/C17H12BrNO2S2/c18-12-4-1-3-11(9-12)17(21)19-10-13-6-7-15(23-13)16(20)14-5-2-8-22-14/h1-9H,10H2,(H,19,21). The van der Waals surface area contributed by atoms with Crippen molar-refractivity contribution in [2.75, 3.05) is 0 Å². The normalized spacial score (nSPS) is 10.5. The average molecular weight is 406 g/mol. The molecule has 0 spiro atoms. The lowest BCUT2D eigenvalue weighted by atomic mass is 10.2. The fourth-order valence-corrected chi connectivity index (χ4v) is 4.07. The van der Waals surface area contributed by atoms with E-state index < -0.39 is 0 Å². The molecule has 0 aliphatic carbocycles. The molecule has 23 heavy (non-hydrogen) atoms. The Kier molecular flexibility index (Phi) is 5.05. The molecule has 0 bridgehead atoms. The van der Waals surface area contributed by atoms with Gasteiger partial charge in [-0.3, -0.25) is 9.59 Å². The van der Waals surface area contributed by atoms with Crippen molar-refractivity contribution in [2.45, 2.75) is 6.54 Å². The monoisotopic (exact) mass is 405 g/mol. The van der Waals surface area contributed by atoms with Gasteiger partial charge in [0.25, 0.3) is 5.91 Å². The first-order chi connectivity index (χ1) is 11.1. The van der Waals surface area contributed by atoms with Gasteiger partial charge < -0.3 is 5.32 Å². The van der Waals surface area contributed by atoms with Crippen molar-refractivity contribution < 1.29 is 9.59 Å². The van der Waals surface area contributed by atoms with Gasteiger partial charge in [0.15, 0.2) is 0 Å². The van der Waals surface area contributed by atoms with Crippen LogP contribution >= 0.6 is 38.6 Å². The average Bonchev–Trinajstić information content (AvgIpc) is 3.23. The molecule has 1 amide bonds. The molecular weight excluding hydrogens is 394 g/mol. The number of carbonyl (C=O) groups is 2. The van der Waals surface area contributed by atoms with Gasteiger partial charge in [-0.2, -0.15) is 0 Å². The summed E-state index contributed by atoms with van der Waals surface area (Å²) in [6.45, 7) is 0.410. The Hall–Kier alpha value is -1.76. The number of rotatable bonds is 5. The fourth-order valence-electron chi connectivity index (χ4n) is 2.02. The second kappa shape index (κ2) is 7.21. The van der Waals surface area contributed by atoms with Gasteiger partial charge in [0.05, 0.1) is 16.3 Å². The Morgan fingerprint density at radius 3 is 2.65 bits per heavy atom. The van der Waals surface area contributed by atoms with Crippen molar-refractivity contribution in [1.82, 2.24) is 5.32 Å². The van der Waals surface area contributed by atoms with E-state index in [1.807, 2.05) is 41.8 Å². The molecule has 2 heterocycles. The highest BCUT2D eigenvalue weighted by Gasteiger charge is 2.13. The first kappa shape index (κ1) is 16.1. The fraction of sp³-hybridized carbons (Fsp3) is 0.0588. The van der Waals surface area contributed by atoms with Gasteiger partial charge in [-0.1, -0.05) is 28.1 Å². The van der Waals surface area contributed by atoms with Gasteiger partial charge >= 0.3 is 0 Å². The number of nitrogens with one attached hydrogen (secondary N) is 1. The summed E-state index contributed by atoms with van der Waals surface area (Å²) >= 11 is 6.20. The molecule has 3 aromatic rings. The van der Waals surface area contributed by atoms with Crippen molar-refractivity contribution in [2.24, 2.45) is 0 Å². The van der Waals surface area contributed by atoms with Crippen LogP contribution in [0.1, 0.15) is 29.8 Å². The summed E-state index contributed by atoms with van der Waals surface area (Å²) in [5.74, 6) is -0.0969. The second-order valence-electron chi connectivity index (χ2n) is 4.77. The minimum Gasteiger partial charge on any atom is -0.347 e. The quantitative estimate of drug-likeness (QED) is 0.623. The molecule has 0 aliphatic heterocycles. The molecule has 0 atom stereocenters. The van der Waals surface area contributed by atoms with Crippen LogP contribution in [0.4, 0.5) is 0 Å². The molecule has 3 nitrogen and oxygen atoms in total. The zero-order valence-corrected chi connectivity index (χ0v) is 15.1. The van der Waals surface area contributed by atoms with E-state index in [9.17, 15) is 9.59 Å². The third-order valence-corrected chi connectivity index (χ3v) is 5.59. The van der Waals surface area contributed by atoms with Crippen molar-refractivity contribution in [3.05, 3.63) is 78.6 Å². The maximum Gasteiger partial charge on any atom is 0.251 e. The van der Waals surface area contributed by atoms with Gasteiger partial charge in [-0.15, -0.1) is 22.7 Å². The van der Waals surface area contributed by atoms with E-state index in [1.54, 1.807) is 12.1 Å². The number of ketones is 1. The predicted octanol–water partition coefficient (Wildman–Crippen LogP) is 4.73. The lowest BCUT2D eigenvalue weighted by Crippen LogP contribution is -2.22. The Morgan fingerprint density at radius 2 is 1.91 bits per heavy atom. The molecule has 116 valence electrons. The third-order valence-electron chi connectivity index (χ3n) is 3.14. The lowest BCUT2D eigenvalue weighted by molar-refractivity contribution is 0.0950. The summed E-state index contributed by atoms with van der Waals surface area (Å²) in [5, 5.41) is 4.76. The van der Waals surface area contributed by atoms with E-state index in [4.69, 9.17) is 0 Å². The predicted molar refractivity (Wildman–Crippen MR) is 97.4 cm³/mol. The Labute approximate surface area is 150 Å². The molecule has 1 N–H and O–H groups in total. The summed E-state index contributed by atoms with van der Waals surface area (Å²) in [6.07, 6.45) is 0. The highest BCUT2D eigenvalue weighted by atomic mass is 79.9. The number of halogens is 1. The highest BCUT2D eigenvalue weighted by molar-refractivity contribution is 9.10. The molecule has 0 saturated heterocycles. The van der Waals surface area contributed by atoms with Gasteiger partial charge in [-0.25, -0.2) is 0 Å². The molecular formula is C17H12BrNO2S2. The van der Waals surface area contributed by atoms with Crippen LogP contribution in [0.15, 0.2) is 58.4 Å². The molecule has 1 aromatic carbocycles. The molecule has 0 saturated carbocycles. The van der Waals surface area contributed by atoms with Gasteiger partial charge in [0, 0.05) is 14.9 Å². The zero-order valence-electron chi connectivity index (χ0n) is 11.9. The molecule has 0 fully saturated rings. The van der Waals surface area contributed by atoms with Gasteiger partial charge in [-0.05, 0) is 41.8 Å². The smallest absolute Gasteiger partial charge is 0.251 e. The number of benzene rings is 1. The van der Waals surface area contributed by atoms with E-state index in [0.717, 1.165) is 14.2 Å². The van der Waals surface area contributed by atoms with Crippen LogP contribution < -0.4 is 5.32 Å². The molecule has 2 aromatic heterocycles. The highest BCUT2D eigenvalue weighted by Crippen LogP contribution is 2.22. The zero-order chi connectivity index (χ0) is 16.2. The van der Waals surface area contributed by atoms with E-state index in [0.29, 0.717) is 17.0 Å². The first-order valence-corrected chi connectivity index (χ1v) is 9.33. The molecule has 6 heteroatoms. The summed E-state index contributed by atoms with van der Waals surface area (Å²) in [6, 6.07) is 14.6. The SMILES string of the molecule is O=C(NCc1ccc(C(=O)c2cccs2)s1)c1cccc(Br)c1. The molecule has 0 aliphatic rings. The second-order valence-corrected chi connectivity index (χ2v) is 7.80. The van der Waals surface area contributed by atoms with E-state index in [-0.39, 0.29) is 11.7 Å². The Bertz CT molecular complexity index is 840. The van der Waals surface area contributed by atoms with Crippen molar-refractivity contribution in [1.29, 1.82) is 0 Å². The van der Waals surface area contributed by atoms with Crippen LogP contribution in [0, 0.1) is 0 Å². The maximum atomic E-state index is 12.2. The summed E-state index contributed by atoms with van der Waals surface area (Å²) < 4.78 is 0.866. The van der Waals surface area contributed by atoms with Crippen LogP contribution in [0.5, 0.6) is 0 Å². The first-order valence-electron chi connectivity index (χ1n) is 6.84. The Morgan fingerprint density at radius 1 is 1.04 bits per heavy atom. The summed E-state index contributed by atoms with van der Waals surface area (Å²) in [7, 11) is 0. The maximum absolute atomic E-state index is 12.2. The van der Waals surface area contributed by atoms with E-state index >= 15 is 0 Å². The number of amides is 1. The number of hydrogen-bond donors (Lipinski definition) is 1. The lowest BCUT2D eigenvalue weighted by Gasteiger charge is -2.04. The topological polar surface area (TPSA) is 46.2 Å². The van der Waals surface area contributed by atoms with Crippen molar-refractivity contribution in [3.8, 4) is 0 Å². The minimum absolute atomic E-state index is 0.0366. The summed E-state index contributed by atoms with van der Waals surface area (Å²) in [5.41, 5.74) is 0.603. The molecule has 0 unspecified atom stereocenters. The van der Waals surface area contributed by atoms with Crippen LogP contribution in [0.25, 0.3) is 0 Å². The number of carbonyl (C=O) groups excluding carboxylic acids is 2. The molecule has 3 rings (SSSR count). The van der Waals surface area contributed by atoms with E-state index in [2.05, 4.69) is 21.2 Å². The van der Waals surface area contributed by atoms with Crippen LogP contribution in [-0.4, -0.2) is 11.7 Å². The summed E-state index contributed by atoms with van der Waals surface area (Å²) in [4.78, 5) is 26.7. The van der Waals surface area contributed by atoms with Crippen LogP contribution in [0.3, 0.4) is 0 Å². The Balaban J connectivity index is 1.63. The third kappa shape index (κ3) is 3.96. The van der Waals surface area contributed by atoms with Crippen molar-refractivity contribution >= 4 is 50.3 Å². The van der Waals surface area contributed by atoms with Crippen LogP contribution in [-0.2, 0) is 6.54 Å². The molecule has 0 radical (unpaired) electrons. The largest absolute Gasteiger partial charge is 0.347 e. The van der Waals surface area contributed by atoms with E-state index in [1.165, 1.54) is 22.7 Å². The van der Waals surface area contributed by atoms with Crippen molar-refractivity contribution in [3.63, 3.8) is 0 Å². The van der Waals surface area contributed by atoms with Crippen LogP contribution in [0.2, 0.25) is 0 Å². The number of hydrogen-bond acceptors (Lipinski definition) is 4. The van der Waals surface area contributed by atoms with Gasteiger partial charge in [0.2, 0.25) is 5.78 Å². The van der Waals surface area contributed by atoms with Gasteiger partial charge in [0.1, 0.15) is 0 Å². The number of thiophene rings is 2. The minimum atomic E-state index is -0.133.